The third kappa shape index (κ3) is 3.39. The first-order valence-electron chi connectivity index (χ1n) is 5.74. The van der Waals surface area contributed by atoms with E-state index in [1.807, 2.05) is 31.2 Å². The molecule has 0 unspecified atom stereocenters. The molecular weight excluding hydrogens is 262 g/mol. The van der Waals surface area contributed by atoms with Crippen LogP contribution in [0, 0.1) is 6.92 Å². The minimum absolute atomic E-state index is 0.310. The smallest absolute Gasteiger partial charge is 0.271 e. The molecule has 5 heteroatoms. The fraction of sp³-hybridized carbons (Fsp3) is 0.0714. The minimum Gasteiger partial charge on any atom is -0.398 e. The lowest BCUT2D eigenvalue weighted by molar-refractivity contribution is 0.0963. The van der Waals surface area contributed by atoms with E-state index in [1.165, 1.54) is 0 Å². The molecule has 1 amide bonds. The molecule has 4 N–H and O–H groups in total. The average molecular weight is 276 g/mol. The van der Waals surface area contributed by atoms with Gasteiger partial charge in [-0.25, -0.2) is 0 Å². The van der Waals surface area contributed by atoms with Gasteiger partial charge in [0.05, 0.1) is 11.3 Å². The summed E-state index contributed by atoms with van der Waals surface area (Å²) in [6, 6.07) is 12.4. The highest BCUT2D eigenvalue weighted by atomic mass is 35.5. The van der Waals surface area contributed by atoms with E-state index in [9.17, 15) is 4.79 Å². The maximum absolute atomic E-state index is 11.9. The van der Waals surface area contributed by atoms with Crippen LogP contribution in [0.1, 0.15) is 15.9 Å². The van der Waals surface area contributed by atoms with Crippen molar-refractivity contribution in [2.24, 2.45) is 0 Å². The van der Waals surface area contributed by atoms with Gasteiger partial charge in [0.1, 0.15) is 0 Å². The Morgan fingerprint density at radius 3 is 2.47 bits per heavy atom. The molecule has 0 aliphatic heterocycles. The van der Waals surface area contributed by atoms with Gasteiger partial charge in [-0.1, -0.05) is 29.3 Å². The number of carbonyl (C=O) groups is 1. The maximum atomic E-state index is 11.9. The van der Waals surface area contributed by atoms with E-state index in [1.54, 1.807) is 18.2 Å². The summed E-state index contributed by atoms with van der Waals surface area (Å²) in [6.07, 6.45) is 0. The first kappa shape index (κ1) is 13.2. The first-order chi connectivity index (χ1) is 9.06. The van der Waals surface area contributed by atoms with E-state index >= 15 is 0 Å². The molecule has 0 fully saturated rings. The van der Waals surface area contributed by atoms with Crippen LogP contribution in [-0.4, -0.2) is 5.91 Å². The van der Waals surface area contributed by atoms with Crippen molar-refractivity contribution < 1.29 is 4.79 Å². The number of anilines is 2. The number of carbonyl (C=O) groups excluding carboxylic acids is 1. The molecule has 0 radical (unpaired) electrons. The highest BCUT2D eigenvalue weighted by molar-refractivity contribution is 6.31. The van der Waals surface area contributed by atoms with Crippen LogP contribution in [0.5, 0.6) is 0 Å². The lowest BCUT2D eigenvalue weighted by Crippen LogP contribution is -2.29. The number of rotatable bonds is 3. The van der Waals surface area contributed by atoms with Crippen molar-refractivity contribution in [3.63, 3.8) is 0 Å². The van der Waals surface area contributed by atoms with E-state index in [-0.39, 0.29) is 5.91 Å². The molecule has 0 heterocycles. The van der Waals surface area contributed by atoms with Crippen LogP contribution in [0.4, 0.5) is 11.4 Å². The van der Waals surface area contributed by atoms with Gasteiger partial charge in [-0.15, -0.1) is 0 Å². The monoisotopic (exact) mass is 275 g/mol. The third-order valence-corrected chi connectivity index (χ3v) is 2.87. The van der Waals surface area contributed by atoms with Crippen LogP contribution in [-0.2, 0) is 0 Å². The second-order valence-electron chi connectivity index (χ2n) is 4.18. The average Bonchev–Trinajstić information content (AvgIpc) is 2.37. The Hall–Kier alpha value is -2.20. The second kappa shape index (κ2) is 5.63. The lowest BCUT2D eigenvalue weighted by Gasteiger charge is -2.10. The quantitative estimate of drug-likeness (QED) is 0.596. The van der Waals surface area contributed by atoms with Crippen molar-refractivity contribution in [2.45, 2.75) is 6.92 Å². The number of nitrogens with one attached hydrogen (secondary N) is 2. The molecule has 0 saturated carbocycles. The van der Waals surface area contributed by atoms with Gasteiger partial charge in [0.2, 0.25) is 0 Å². The Kier molecular flexibility index (Phi) is 3.92. The summed E-state index contributed by atoms with van der Waals surface area (Å²) in [5.74, 6) is -0.310. The number of benzene rings is 2. The summed E-state index contributed by atoms with van der Waals surface area (Å²) in [7, 11) is 0. The number of hydrazine groups is 1. The fourth-order valence-electron chi connectivity index (χ4n) is 1.57. The zero-order valence-corrected chi connectivity index (χ0v) is 11.2. The van der Waals surface area contributed by atoms with Crippen molar-refractivity contribution in [1.82, 2.24) is 5.43 Å². The number of hydrogen-bond donors (Lipinski definition) is 3. The van der Waals surface area contributed by atoms with Gasteiger partial charge in [0, 0.05) is 10.7 Å². The molecule has 0 aromatic heterocycles. The van der Waals surface area contributed by atoms with Crippen LogP contribution in [0.15, 0.2) is 42.5 Å². The lowest BCUT2D eigenvalue weighted by atomic mass is 10.2. The SMILES string of the molecule is Cc1ccc(NNC(=O)c2ccc(Cl)cc2N)cc1. The molecule has 19 heavy (non-hydrogen) atoms. The summed E-state index contributed by atoms with van der Waals surface area (Å²) in [4.78, 5) is 11.9. The predicted molar refractivity (Wildman–Crippen MR) is 78.1 cm³/mol. The second-order valence-corrected chi connectivity index (χ2v) is 4.61. The summed E-state index contributed by atoms with van der Waals surface area (Å²) >= 11 is 5.78. The Bertz CT molecular complexity index is 596. The minimum atomic E-state index is -0.310. The molecule has 0 saturated heterocycles. The van der Waals surface area contributed by atoms with E-state index in [2.05, 4.69) is 10.9 Å². The Morgan fingerprint density at radius 1 is 1.16 bits per heavy atom. The highest BCUT2D eigenvalue weighted by Gasteiger charge is 2.09. The number of aryl methyl sites for hydroxylation is 1. The van der Waals surface area contributed by atoms with Crippen molar-refractivity contribution in [1.29, 1.82) is 0 Å². The summed E-state index contributed by atoms with van der Waals surface area (Å²) in [5.41, 5.74) is 13.8. The normalized spacial score (nSPS) is 10.0. The van der Waals surface area contributed by atoms with Crippen LogP contribution < -0.4 is 16.6 Å². The van der Waals surface area contributed by atoms with Gasteiger partial charge in [0.15, 0.2) is 0 Å². The third-order valence-electron chi connectivity index (χ3n) is 2.63. The van der Waals surface area contributed by atoms with Gasteiger partial charge in [-0.3, -0.25) is 15.6 Å². The van der Waals surface area contributed by atoms with Crippen molar-refractivity contribution >= 4 is 28.9 Å². The van der Waals surface area contributed by atoms with E-state index in [4.69, 9.17) is 17.3 Å². The molecule has 0 aliphatic carbocycles. The molecule has 2 aromatic rings. The van der Waals surface area contributed by atoms with Crippen molar-refractivity contribution in [3.8, 4) is 0 Å². The molecule has 0 bridgehead atoms. The van der Waals surface area contributed by atoms with Gasteiger partial charge in [0.25, 0.3) is 5.91 Å². The Balaban J connectivity index is 2.03. The Morgan fingerprint density at radius 2 is 1.84 bits per heavy atom. The van der Waals surface area contributed by atoms with Crippen LogP contribution in [0.3, 0.4) is 0 Å². The number of hydrogen-bond acceptors (Lipinski definition) is 3. The van der Waals surface area contributed by atoms with Crippen LogP contribution in [0.2, 0.25) is 5.02 Å². The fourth-order valence-corrected chi connectivity index (χ4v) is 1.75. The molecule has 98 valence electrons. The number of nitrogens with two attached hydrogens (primary N) is 1. The van der Waals surface area contributed by atoms with E-state index < -0.39 is 0 Å². The van der Waals surface area contributed by atoms with E-state index in [0.29, 0.717) is 16.3 Å². The molecule has 2 aromatic carbocycles. The number of halogens is 1. The predicted octanol–water partition coefficient (Wildman–Crippen LogP) is 2.99. The van der Waals surface area contributed by atoms with Crippen LogP contribution in [0.25, 0.3) is 0 Å². The molecule has 0 aliphatic rings. The van der Waals surface area contributed by atoms with Crippen molar-refractivity contribution in [3.05, 3.63) is 58.6 Å². The molecule has 2 rings (SSSR count). The molecule has 0 atom stereocenters. The van der Waals surface area contributed by atoms with Gasteiger partial charge in [-0.2, -0.15) is 0 Å². The maximum Gasteiger partial charge on any atom is 0.271 e. The van der Waals surface area contributed by atoms with Gasteiger partial charge in [-0.05, 0) is 37.3 Å². The van der Waals surface area contributed by atoms with E-state index in [0.717, 1.165) is 11.3 Å². The topological polar surface area (TPSA) is 67.1 Å². The summed E-state index contributed by atoms with van der Waals surface area (Å²) in [5, 5.41) is 0.501. The summed E-state index contributed by atoms with van der Waals surface area (Å²) in [6.45, 7) is 2.00. The van der Waals surface area contributed by atoms with Crippen molar-refractivity contribution in [2.75, 3.05) is 11.2 Å². The highest BCUT2D eigenvalue weighted by Crippen LogP contribution is 2.17. The molecule has 0 spiro atoms. The molecular formula is C14H14ClN3O. The standard InChI is InChI=1S/C14H14ClN3O/c1-9-2-5-11(6-3-9)17-18-14(19)12-7-4-10(15)8-13(12)16/h2-8,17H,16H2,1H3,(H,18,19). The van der Waals surface area contributed by atoms with Gasteiger partial charge >= 0.3 is 0 Å². The first-order valence-corrected chi connectivity index (χ1v) is 6.12. The summed E-state index contributed by atoms with van der Waals surface area (Å²) < 4.78 is 0. The largest absolute Gasteiger partial charge is 0.398 e. The number of nitrogen functional groups attached to an aromatic ring is 1. The van der Waals surface area contributed by atoms with Gasteiger partial charge < -0.3 is 5.73 Å². The number of amides is 1. The van der Waals surface area contributed by atoms with Crippen LogP contribution >= 0.6 is 11.6 Å². The zero-order chi connectivity index (χ0) is 13.8. The molecule has 4 nitrogen and oxygen atoms in total. The Labute approximate surface area is 116 Å². The zero-order valence-electron chi connectivity index (χ0n) is 10.4.